The van der Waals surface area contributed by atoms with Crippen molar-refractivity contribution in [3.05, 3.63) is 0 Å². The zero-order chi connectivity index (χ0) is 15.2. The van der Waals surface area contributed by atoms with Crippen LogP contribution in [-0.4, -0.2) is 46.2 Å². The van der Waals surface area contributed by atoms with Gasteiger partial charge in [-0.05, 0) is 38.5 Å². The fourth-order valence-electron chi connectivity index (χ4n) is 7.33. The Kier molecular flexibility index (Phi) is 1.79. The van der Waals surface area contributed by atoms with Gasteiger partial charge >= 0.3 is 0 Å². The summed E-state index contributed by atoms with van der Waals surface area (Å²) in [6.45, 7) is 4.52. The molecule has 0 aromatic rings. The number of hydrogen-bond acceptors (Lipinski definition) is 5. The first-order valence-corrected chi connectivity index (χ1v) is 8.60. The molecular weight excluding hydrogens is 284 g/mol. The van der Waals surface area contributed by atoms with E-state index >= 15 is 0 Å². The van der Waals surface area contributed by atoms with E-state index in [2.05, 4.69) is 13.8 Å². The van der Waals surface area contributed by atoms with Gasteiger partial charge < -0.3 is 19.3 Å². The summed E-state index contributed by atoms with van der Waals surface area (Å²) in [6, 6.07) is 0. The minimum absolute atomic E-state index is 0.118. The standard InChI is InChI=1S/C17H22O5/c1-9-3-4-11-13(2)6-14-7-16(9,11)22-17(14,21-13)15(19)5-10(12(14)18)20-8-15/h9-11,19H,3-8H2,1-2H3/t9?,10-,11?,13?,14?,15+,16?,17?/m0/s1. The summed E-state index contributed by atoms with van der Waals surface area (Å²) in [4.78, 5) is 13.2. The molecule has 3 aliphatic carbocycles. The Morgan fingerprint density at radius 1 is 1.23 bits per heavy atom. The van der Waals surface area contributed by atoms with Crippen molar-refractivity contribution in [1.82, 2.24) is 0 Å². The van der Waals surface area contributed by atoms with Crippen molar-refractivity contribution < 1.29 is 24.1 Å². The van der Waals surface area contributed by atoms with Gasteiger partial charge in [0.15, 0.2) is 5.78 Å². The molecule has 5 heteroatoms. The van der Waals surface area contributed by atoms with E-state index in [9.17, 15) is 9.90 Å². The van der Waals surface area contributed by atoms with Crippen LogP contribution in [0.15, 0.2) is 0 Å². The van der Waals surface area contributed by atoms with E-state index in [1.54, 1.807) is 0 Å². The fourth-order valence-corrected chi connectivity index (χ4v) is 7.33. The van der Waals surface area contributed by atoms with Gasteiger partial charge in [0.2, 0.25) is 5.79 Å². The highest BCUT2D eigenvalue weighted by Gasteiger charge is 2.91. The SMILES string of the molecule is CC1CCC2C3(C)CC45CC12OC4(O3)[C@]1(O)CO[C@@H](C1)C5=O. The molecule has 4 saturated heterocycles. The molecule has 22 heavy (non-hydrogen) atoms. The number of fused-ring (bicyclic) bond motifs is 2. The van der Waals surface area contributed by atoms with Gasteiger partial charge in [-0.1, -0.05) is 6.92 Å². The predicted molar refractivity (Wildman–Crippen MR) is 73.9 cm³/mol. The van der Waals surface area contributed by atoms with Crippen molar-refractivity contribution >= 4 is 5.78 Å². The number of Topliss-reactive ketones (excluding diaryl/α,β-unsaturated/α-hetero) is 1. The Morgan fingerprint density at radius 2 is 2.05 bits per heavy atom. The van der Waals surface area contributed by atoms with Crippen molar-refractivity contribution in [1.29, 1.82) is 0 Å². The Balaban J connectivity index is 1.66. The van der Waals surface area contributed by atoms with E-state index in [0.717, 1.165) is 12.8 Å². The van der Waals surface area contributed by atoms with Crippen LogP contribution in [0.3, 0.4) is 0 Å². The highest BCUT2D eigenvalue weighted by atomic mass is 16.8. The third-order valence-electron chi connectivity index (χ3n) is 8.04. The van der Waals surface area contributed by atoms with Gasteiger partial charge in [-0.2, -0.15) is 0 Å². The summed E-state index contributed by atoms with van der Waals surface area (Å²) in [5, 5.41) is 11.3. The lowest BCUT2D eigenvalue weighted by molar-refractivity contribution is -0.397. The van der Waals surface area contributed by atoms with Crippen molar-refractivity contribution in [2.24, 2.45) is 17.3 Å². The van der Waals surface area contributed by atoms with E-state index < -0.39 is 22.9 Å². The smallest absolute Gasteiger partial charge is 0.214 e. The highest BCUT2D eigenvalue weighted by molar-refractivity contribution is 5.93. The monoisotopic (exact) mass is 306 g/mol. The summed E-state index contributed by atoms with van der Waals surface area (Å²) in [7, 11) is 0. The third-order valence-corrected chi connectivity index (χ3v) is 8.04. The predicted octanol–water partition coefficient (Wildman–Crippen LogP) is 1.17. The number of carbonyl (C=O) groups excluding carboxylic acids is 1. The largest absolute Gasteiger partial charge is 0.382 e. The maximum Gasteiger partial charge on any atom is 0.214 e. The van der Waals surface area contributed by atoms with Crippen LogP contribution in [0, 0.1) is 17.3 Å². The van der Waals surface area contributed by atoms with Gasteiger partial charge in [-0.25, -0.2) is 0 Å². The average Bonchev–Trinajstić information content (AvgIpc) is 3.10. The molecule has 8 atom stereocenters. The van der Waals surface area contributed by atoms with Crippen LogP contribution in [0.2, 0.25) is 0 Å². The average molecular weight is 306 g/mol. The molecule has 5 nitrogen and oxygen atoms in total. The molecule has 0 radical (unpaired) electrons. The molecule has 3 saturated carbocycles. The topological polar surface area (TPSA) is 65.0 Å². The van der Waals surface area contributed by atoms with Crippen LogP contribution < -0.4 is 0 Å². The Bertz CT molecular complexity index is 635. The molecule has 7 rings (SSSR count). The second-order valence-electron chi connectivity index (χ2n) is 8.95. The van der Waals surface area contributed by atoms with E-state index in [0.29, 0.717) is 31.1 Å². The second kappa shape index (κ2) is 3.06. The lowest BCUT2D eigenvalue weighted by atomic mass is 9.53. The van der Waals surface area contributed by atoms with Crippen LogP contribution in [-0.2, 0) is 19.0 Å². The van der Waals surface area contributed by atoms with Gasteiger partial charge in [0.1, 0.15) is 11.7 Å². The maximum atomic E-state index is 13.2. The first kappa shape index (κ1) is 12.9. The van der Waals surface area contributed by atoms with Gasteiger partial charge in [-0.3, -0.25) is 4.79 Å². The zero-order valence-corrected chi connectivity index (χ0v) is 13.1. The molecule has 0 aromatic carbocycles. The van der Waals surface area contributed by atoms with Crippen LogP contribution >= 0.6 is 0 Å². The quantitative estimate of drug-likeness (QED) is 0.728. The summed E-state index contributed by atoms with van der Waals surface area (Å²) in [6.07, 6.45) is 3.44. The van der Waals surface area contributed by atoms with E-state index in [1.165, 1.54) is 0 Å². The minimum Gasteiger partial charge on any atom is -0.382 e. The molecule has 0 aromatic heterocycles. The minimum atomic E-state index is -1.18. The number of carbonyl (C=O) groups is 1. The molecule has 3 spiro atoms. The Hall–Kier alpha value is -0.490. The first-order valence-electron chi connectivity index (χ1n) is 8.60. The number of ether oxygens (including phenoxy) is 3. The lowest BCUT2D eigenvalue weighted by Gasteiger charge is -2.53. The fraction of sp³-hybridized carbons (Fsp3) is 0.941. The molecule has 1 N–H and O–H groups in total. The second-order valence-corrected chi connectivity index (χ2v) is 8.95. The van der Waals surface area contributed by atoms with Gasteiger partial charge in [0, 0.05) is 12.3 Å². The van der Waals surface area contributed by atoms with Crippen molar-refractivity contribution in [2.75, 3.05) is 6.61 Å². The van der Waals surface area contributed by atoms with Gasteiger partial charge in [-0.15, -0.1) is 0 Å². The Morgan fingerprint density at radius 3 is 2.86 bits per heavy atom. The van der Waals surface area contributed by atoms with Crippen molar-refractivity contribution in [3.8, 4) is 0 Å². The van der Waals surface area contributed by atoms with Crippen LogP contribution in [0.1, 0.15) is 46.0 Å². The molecular formula is C17H22O5. The molecule has 120 valence electrons. The van der Waals surface area contributed by atoms with E-state index in [4.69, 9.17) is 14.2 Å². The summed E-state index contributed by atoms with van der Waals surface area (Å²) in [5.41, 5.74) is -2.52. The molecule has 4 aliphatic heterocycles. The van der Waals surface area contributed by atoms with Crippen molar-refractivity contribution in [2.45, 2.75) is 74.6 Å². The number of rotatable bonds is 0. The van der Waals surface area contributed by atoms with E-state index in [-0.39, 0.29) is 23.6 Å². The Labute approximate surface area is 129 Å². The van der Waals surface area contributed by atoms with Crippen LogP contribution in [0.5, 0.6) is 0 Å². The molecule has 4 heterocycles. The highest BCUT2D eigenvalue weighted by Crippen LogP contribution is 2.80. The van der Waals surface area contributed by atoms with Crippen LogP contribution in [0.25, 0.3) is 0 Å². The zero-order valence-electron chi connectivity index (χ0n) is 13.1. The lowest BCUT2D eigenvalue weighted by Crippen LogP contribution is -2.68. The summed E-state index contributed by atoms with van der Waals surface area (Å²) < 4.78 is 18.8. The van der Waals surface area contributed by atoms with Crippen molar-refractivity contribution in [3.63, 3.8) is 0 Å². The molecule has 0 amide bonds. The van der Waals surface area contributed by atoms with Gasteiger partial charge in [0.05, 0.1) is 23.2 Å². The maximum absolute atomic E-state index is 13.2. The number of hydrogen-bond donors (Lipinski definition) is 1. The van der Waals surface area contributed by atoms with Gasteiger partial charge in [0.25, 0.3) is 0 Å². The molecule has 6 unspecified atom stereocenters. The third kappa shape index (κ3) is 0.914. The molecule has 7 aliphatic rings. The number of ketones is 1. The molecule has 7 fully saturated rings. The normalized spacial score (nSPS) is 70.3. The van der Waals surface area contributed by atoms with Crippen LogP contribution in [0.4, 0.5) is 0 Å². The summed E-state index contributed by atoms with van der Waals surface area (Å²) in [5.74, 6) is -0.301. The number of aliphatic hydroxyl groups is 1. The summed E-state index contributed by atoms with van der Waals surface area (Å²) >= 11 is 0. The first-order chi connectivity index (χ1) is 10.3. The molecule has 6 bridgehead atoms. The van der Waals surface area contributed by atoms with E-state index in [1.807, 2.05) is 0 Å².